The summed E-state index contributed by atoms with van der Waals surface area (Å²) in [6.07, 6.45) is 10.5. The second-order valence-electron chi connectivity index (χ2n) is 6.95. The number of piperidine rings is 1. The Bertz CT molecular complexity index is 296. The molecule has 3 fully saturated rings. The lowest BCUT2D eigenvalue weighted by Gasteiger charge is -2.45. The van der Waals surface area contributed by atoms with Crippen LogP contribution in [0.25, 0.3) is 0 Å². The van der Waals surface area contributed by atoms with Crippen LogP contribution in [0.1, 0.15) is 51.9 Å². The normalized spacial score (nSPS) is 42.0. The van der Waals surface area contributed by atoms with Crippen molar-refractivity contribution < 1.29 is 4.74 Å². The van der Waals surface area contributed by atoms with Crippen LogP contribution in [0.2, 0.25) is 0 Å². The predicted octanol–water partition coefficient (Wildman–Crippen LogP) is 2.39. The topological polar surface area (TPSA) is 38.5 Å². The Hall–Kier alpha value is -0.120. The largest absolute Gasteiger partial charge is 0.374 e. The van der Waals surface area contributed by atoms with E-state index in [-0.39, 0.29) is 0 Å². The average Bonchev–Trinajstić information content (AvgIpc) is 2.86. The molecule has 2 aliphatic heterocycles. The molecule has 2 saturated heterocycles. The van der Waals surface area contributed by atoms with Crippen molar-refractivity contribution in [1.82, 2.24) is 4.90 Å². The summed E-state index contributed by atoms with van der Waals surface area (Å²) in [6.45, 7) is 5.48. The molecule has 19 heavy (non-hydrogen) atoms. The molecule has 2 N–H and O–H groups in total. The van der Waals surface area contributed by atoms with E-state index in [4.69, 9.17) is 10.5 Å². The first-order chi connectivity index (χ1) is 9.28. The van der Waals surface area contributed by atoms with Crippen LogP contribution in [0.5, 0.6) is 0 Å². The van der Waals surface area contributed by atoms with Gasteiger partial charge in [-0.15, -0.1) is 0 Å². The SMILES string of the molecule is CC1CCC(C(CN)N2CCC3CCCCC3C2)O1. The molecule has 110 valence electrons. The molecule has 1 aliphatic carbocycles. The van der Waals surface area contributed by atoms with Gasteiger partial charge in [0.05, 0.1) is 12.2 Å². The summed E-state index contributed by atoms with van der Waals surface area (Å²) in [6, 6.07) is 0.466. The molecule has 1 saturated carbocycles. The first kappa shape index (κ1) is 13.8. The maximum Gasteiger partial charge on any atom is 0.0747 e. The molecule has 5 atom stereocenters. The maximum absolute atomic E-state index is 6.08. The number of rotatable bonds is 3. The fourth-order valence-electron chi connectivity index (χ4n) is 4.58. The minimum atomic E-state index is 0.389. The van der Waals surface area contributed by atoms with Crippen LogP contribution in [-0.2, 0) is 4.74 Å². The summed E-state index contributed by atoms with van der Waals surface area (Å²) >= 11 is 0. The second-order valence-corrected chi connectivity index (χ2v) is 6.95. The molecule has 3 rings (SSSR count). The number of likely N-dealkylation sites (tertiary alicyclic amines) is 1. The summed E-state index contributed by atoms with van der Waals surface area (Å²) in [7, 11) is 0. The maximum atomic E-state index is 6.08. The smallest absolute Gasteiger partial charge is 0.0747 e. The third kappa shape index (κ3) is 2.98. The fourth-order valence-corrected chi connectivity index (χ4v) is 4.58. The van der Waals surface area contributed by atoms with Gasteiger partial charge in [-0.1, -0.05) is 19.3 Å². The molecule has 0 aromatic rings. The summed E-state index contributed by atoms with van der Waals surface area (Å²) < 4.78 is 6.08. The predicted molar refractivity (Wildman–Crippen MR) is 78.0 cm³/mol. The number of nitrogens with two attached hydrogens (primary N) is 1. The van der Waals surface area contributed by atoms with Gasteiger partial charge in [0.2, 0.25) is 0 Å². The molecule has 0 aromatic carbocycles. The Morgan fingerprint density at radius 3 is 2.58 bits per heavy atom. The monoisotopic (exact) mass is 266 g/mol. The zero-order valence-corrected chi connectivity index (χ0v) is 12.4. The lowest BCUT2D eigenvalue weighted by Crippen LogP contribution is -2.54. The Morgan fingerprint density at radius 2 is 1.89 bits per heavy atom. The van der Waals surface area contributed by atoms with E-state index in [1.165, 1.54) is 58.0 Å². The molecule has 3 heteroatoms. The molecule has 3 nitrogen and oxygen atoms in total. The van der Waals surface area contributed by atoms with Gasteiger partial charge in [-0.2, -0.15) is 0 Å². The summed E-state index contributed by atoms with van der Waals surface area (Å²) in [5.41, 5.74) is 6.08. The number of ether oxygens (including phenoxy) is 1. The van der Waals surface area contributed by atoms with Crippen molar-refractivity contribution >= 4 is 0 Å². The van der Waals surface area contributed by atoms with E-state index in [1.54, 1.807) is 0 Å². The van der Waals surface area contributed by atoms with Gasteiger partial charge in [-0.3, -0.25) is 4.90 Å². The van der Waals surface area contributed by atoms with Crippen LogP contribution >= 0.6 is 0 Å². The molecule has 0 radical (unpaired) electrons. The van der Waals surface area contributed by atoms with E-state index in [9.17, 15) is 0 Å². The molecular formula is C16H30N2O. The van der Waals surface area contributed by atoms with Crippen LogP contribution < -0.4 is 5.73 Å². The van der Waals surface area contributed by atoms with E-state index in [2.05, 4.69) is 11.8 Å². The zero-order valence-electron chi connectivity index (χ0n) is 12.4. The molecular weight excluding hydrogens is 236 g/mol. The van der Waals surface area contributed by atoms with Crippen molar-refractivity contribution in [3.05, 3.63) is 0 Å². The van der Waals surface area contributed by atoms with Gasteiger partial charge in [-0.05, 0) is 51.0 Å². The number of nitrogens with zero attached hydrogens (tertiary/aromatic N) is 1. The van der Waals surface area contributed by atoms with Crippen LogP contribution in [0.3, 0.4) is 0 Å². The van der Waals surface area contributed by atoms with E-state index < -0.39 is 0 Å². The van der Waals surface area contributed by atoms with Crippen LogP contribution in [0, 0.1) is 11.8 Å². The summed E-state index contributed by atoms with van der Waals surface area (Å²) in [4.78, 5) is 2.66. The highest BCUT2D eigenvalue weighted by atomic mass is 16.5. The third-order valence-electron chi connectivity index (χ3n) is 5.73. The number of hydrogen-bond acceptors (Lipinski definition) is 3. The van der Waals surface area contributed by atoms with Gasteiger partial charge in [0.1, 0.15) is 0 Å². The average molecular weight is 266 g/mol. The number of hydrogen-bond donors (Lipinski definition) is 1. The number of fused-ring (bicyclic) bond motifs is 1. The Balaban J connectivity index is 1.60. The van der Waals surface area contributed by atoms with Crippen molar-refractivity contribution in [3.8, 4) is 0 Å². The highest BCUT2D eigenvalue weighted by Crippen LogP contribution is 2.37. The van der Waals surface area contributed by atoms with Crippen molar-refractivity contribution in [2.45, 2.75) is 70.1 Å². The van der Waals surface area contributed by atoms with Gasteiger partial charge in [-0.25, -0.2) is 0 Å². The van der Waals surface area contributed by atoms with Crippen LogP contribution in [-0.4, -0.2) is 42.8 Å². The van der Waals surface area contributed by atoms with Crippen LogP contribution in [0.15, 0.2) is 0 Å². The van der Waals surface area contributed by atoms with Crippen molar-refractivity contribution in [1.29, 1.82) is 0 Å². The molecule has 0 amide bonds. The highest BCUT2D eigenvalue weighted by molar-refractivity contribution is 4.91. The van der Waals surface area contributed by atoms with Crippen molar-refractivity contribution in [2.75, 3.05) is 19.6 Å². The third-order valence-corrected chi connectivity index (χ3v) is 5.73. The molecule has 0 spiro atoms. The molecule has 0 bridgehead atoms. The molecule has 0 aromatic heterocycles. The standard InChI is InChI=1S/C16H30N2O/c1-12-6-7-16(19-12)15(10-17)18-9-8-13-4-2-3-5-14(13)11-18/h12-16H,2-11,17H2,1H3. The van der Waals surface area contributed by atoms with Crippen molar-refractivity contribution in [2.24, 2.45) is 17.6 Å². The van der Waals surface area contributed by atoms with Gasteiger partial charge in [0, 0.05) is 19.1 Å². The first-order valence-corrected chi connectivity index (χ1v) is 8.37. The summed E-state index contributed by atoms with van der Waals surface area (Å²) in [5, 5.41) is 0. The van der Waals surface area contributed by atoms with Crippen molar-refractivity contribution in [3.63, 3.8) is 0 Å². The van der Waals surface area contributed by atoms with Gasteiger partial charge >= 0.3 is 0 Å². The minimum Gasteiger partial charge on any atom is -0.374 e. The van der Waals surface area contributed by atoms with E-state index in [0.717, 1.165) is 18.4 Å². The molecule has 5 unspecified atom stereocenters. The van der Waals surface area contributed by atoms with E-state index in [1.807, 2.05) is 0 Å². The Kier molecular flexibility index (Phi) is 4.45. The molecule has 2 heterocycles. The summed E-state index contributed by atoms with van der Waals surface area (Å²) in [5.74, 6) is 1.95. The van der Waals surface area contributed by atoms with Gasteiger partial charge < -0.3 is 10.5 Å². The van der Waals surface area contributed by atoms with Crippen LogP contribution in [0.4, 0.5) is 0 Å². The Labute approximate surface area is 117 Å². The highest BCUT2D eigenvalue weighted by Gasteiger charge is 2.38. The van der Waals surface area contributed by atoms with Gasteiger partial charge in [0.25, 0.3) is 0 Å². The lowest BCUT2D eigenvalue weighted by molar-refractivity contribution is -0.0292. The Morgan fingerprint density at radius 1 is 1.11 bits per heavy atom. The first-order valence-electron chi connectivity index (χ1n) is 8.37. The molecule has 3 aliphatic rings. The second kappa shape index (κ2) is 6.11. The fraction of sp³-hybridized carbons (Fsp3) is 1.00. The minimum absolute atomic E-state index is 0.389. The quantitative estimate of drug-likeness (QED) is 0.852. The van der Waals surface area contributed by atoms with Gasteiger partial charge in [0.15, 0.2) is 0 Å². The van der Waals surface area contributed by atoms with E-state index in [0.29, 0.717) is 18.2 Å². The zero-order chi connectivity index (χ0) is 13.2. The van der Waals surface area contributed by atoms with E-state index >= 15 is 0 Å². The lowest BCUT2D eigenvalue weighted by atomic mass is 9.74.